The van der Waals surface area contributed by atoms with Crippen LogP contribution in [0.15, 0.2) is 51.7 Å². The van der Waals surface area contributed by atoms with Crippen molar-refractivity contribution in [3.63, 3.8) is 0 Å². The third-order valence-electron chi connectivity index (χ3n) is 4.71. The topological polar surface area (TPSA) is 88.4 Å². The van der Waals surface area contributed by atoms with Gasteiger partial charge in [-0.3, -0.25) is 14.5 Å². The van der Waals surface area contributed by atoms with Crippen molar-refractivity contribution < 1.29 is 13.9 Å². The average molecular weight is 379 g/mol. The minimum atomic E-state index is -0.341. The fourth-order valence-corrected chi connectivity index (χ4v) is 3.33. The summed E-state index contributed by atoms with van der Waals surface area (Å²) >= 11 is 0. The lowest BCUT2D eigenvalue weighted by molar-refractivity contribution is -0.142. The van der Waals surface area contributed by atoms with Crippen molar-refractivity contribution in [1.29, 1.82) is 0 Å². The Morgan fingerprint density at radius 1 is 1.21 bits per heavy atom. The normalized spacial score (nSPS) is 13.9. The molecule has 0 bridgehead atoms. The minimum Gasteiger partial charge on any atom is -0.461 e. The minimum absolute atomic E-state index is 0.0939. The van der Waals surface area contributed by atoms with Gasteiger partial charge in [0.25, 0.3) is 5.56 Å². The number of benzene rings is 1. The van der Waals surface area contributed by atoms with Gasteiger partial charge in [-0.15, -0.1) is 0 Å². The zero-order valence-corrected chi connectivity index (χ0v) is 15.6. The van der Waals surface area contributed by atoms with Gasteiger partial charge in [-0.2, -0.15) is 0 Å². The molecule has 0 spiro atoms. The number of nitrogens with zero attached hydrogens (tertiary/aromatic N) is 2. The van der Waals surface area contributed by atoms with Crippen LogP contribution in [0.25, 0.3) is 11.4 Å². The van der Waals surface area contributed by atoms with Gasteiger partial charge in [0.05, 0.1) is 17.8 Å². The van der Waals surface area contributed by atoms with Gasteiger partial charge >= 0.3 is 5.97 Å². The smallest absolute Gasteiger partial charge is 0.303 e. The second-order valence-corrected chi connectivity index (χ2v) is 6.81. The molecule has 28 heavy (non-hydrogen) atoms. The second-order valence-electron chi connectivity index (χ2n) is 6.81. The summed E-state index contributed by atoms with van der Waals surface area (Å²) in [5.74, 6) is 1.65. The molecule has 2 aromatic heterocycles. The van der Waals surface area contributed by atoms with E-state index in [0.717, 1.165) is 23.6 Å². The van der Waals surface area contributed by atoms with E-state index in [1.165, 1.54) is 6.92 Å². The number of fused-ring (bicyclic) bond motifs is 1. The molecular weight excluding hydrogens is 358 g/mol. The first kappa shape index (κ1) is 18.2. The summed E-state index contributed by atoms with van der Waals surface area (Å²) in [6.45, 7) is 3.39. The lowest BCUT2D eigenvalue weighted by Crippen LogP contribution is -2.35. The molecular formula is C21H21N3O4. The number of furan rings is 1. The van der Waals surface area contributed by atoms with Crippen LogP contribution in [0.4, 0.5) is 0 Å². The van der Waals surface area contributed by atoms with Crippen LogP contribution in [0.1, 0.15) is 29.7 Å². The molecule has 0 saturated carbocycles. The van der Waals surface area contributed by atoms with Gasteiger partial charge in [0.2, 0.25) is 0 Å². The number of nitrogens with one attached hydrogen (secondary N) is 1. The van der Waals surface area contributed by atoms with E-state index in [1.54, 1.807) is 6.07 Å². The zero-order valence-electron chi connectivity index (χ0n) is 15.6. The van der Waals surface area contributed by atoms with Gasteiger partial charge in [-0.05, 0) is 12.1 Å². The van der Waals surface area contributed by atoms with Gasteiger partial charge in [0, 0.05) is 32.0 Å². The Bertz CT molecular complexity index is 1040. The molecule has 7 heteroatoms. The summed E-state index contributed by atoms with van der Waals surface area (Å²) in [6.07, 6.45) is 0.708. The Morgan fingerprint density at radius 3 is 2.79 bits per heavy atom. The Balaban J connectivity index is 1.46. The summed E-state index contributed by atoms with van der Waals surface area (Å²) in [6, 6.07) is 13.3. The number of aromatic amines is 1. The maximum atomic E-state index is 12.6. The molecule has 3 heterocycles. The summed E-state index contributed by atoms with van der Waals surface area (Å²) in [5.41, 5.74) is 2.37. The van der Waals surface area contributed by atoms with Crippen LogP contribution >= 0.6 is 0 Å². The van der Waals surface area contributed by atoms with Crippen molar-refractivity contribution in [2.45, 2.75) is 33.0 Å². The van der Waals surface area contributed by atoms with Crippen molar-refractivity contribution >= 4 is 5.97 Å². The van der Waals surface area contributed by atoms with Crippen LogP contribution in [-0.4, -0.2) is 27.4 Å². The standard InChI is InChI=1S/C21H21N3O4/c1-14(25)27-13-17-8-7-16(28-17)11-24-10-9-19-18(12-24)21(26)23-20(22-19)15-5-3-2-4-6-15/h2-8H,9-13H2,1H3,(H,22,23,26). The van der Waals surface area contributed by atoms with Crippen molar-refractivity contribution in [1.82, 2.24) is 14.9 Å². The molecule has 1 aliphatic heterocycles. The number of carbonyl (C=O) groups is 1. The van der Waals surface area contributed by atoms with Crippen LogP contribution in [0, 0.1) is 0 Å². The van der Waals surface area contributed by atoms with Crippen LogP contribution in [0.3, 0.4) is 0 Å². The highest BCUT2D eigenvalue weighted by molar-refractivity contribution is 5.65. The molecule has 3 aromatic rings. The first-order chi connectivity index (χ1) is 13.6. The first-order valence-corrected chi connectivity index (χ1v) is 9.19. The molecule has 144 valence electrons. The Morgan fingerprint density at radius 2 is 2.00 bits per heavy atom. The number of ether oxygens (including phenoxy) is 1. The number of aromatic nitrogens is 2. The van der Waals surface area contributed by atoms with Crippen LogP contribution < -0.4 is 5.56 Å². The number of hydrogen-bond donors (Lipinski definition) is 1. The molecule has 0 fully saturated rings. The fraction of sp³-hybridized carbons (Fsp3) is 0.286. The quantitative estimate of drug-likeness (QED) is 0.686. The highest BCUT2D eigenvalue weighted by atomic mass is 16.5. The highest BCUT2D eigenvalue weighted by Crippen LogP contribution is 2.20. The van der Waals surface area contributed by atoms with E-state index in [4.69, 9.17) is 9.15 Å². The van der Waals surface area contributed by atoms with Gasteiger partial charge in [-0.25, -0.2) is 4.98 Å². The highest BCUT2D eigenvalue weighted by Gasteiger charge is 2.22. The van der Waals surface area contributed by atoms with E-state index >= 15 is 0 Å². The van der Waals surface area contributed by atoms with Crippen LogP contribution in [0.2, 0.25) is 0 Å². The maximum absolute atomic E-state index is 12.6. The number of rotatable bonds is 5. The van der Waals surface area contributed by atoms with Gasteiger partial charge in [-0.1, -0.05) is 30.3 Å². The summed E-state index contributed by atoms with van der Waals surface area (Å²) in [4.78, 5) is 33.2. The van der Waals surface area contributed by atoms with Crippen molar-refractivity contribution in [2.75, 3.05) is 6.54 Å². The third-order valence-corrected chi connectivity index (χ3v) is 4.71. The first-order valence-electron chi connectivity index (χ1n) is 9.19. The maximum Gasteiger partial charge on any atom is 0.303 e. The largest absolute Gasteiger partial charge is 0.461 e. The molecule has 0 radical (unpaired) electrons. The van der Waals surface area contributed by atoms with Crippen molar-refractivity contribution in [2.24, 2.45) is 0 Å². The van der Waals surface area contributed by atoms with Gasteiger partial charge in [0.15, 0.2) is 0 Å². The molecule has 0 amide bonds. The lowest BCUT2D eigenvalue weighted by Gasteiger charge is -2.26. The molecule has 0 unspecified atom stereocenters. The van der Waals surface area contributed by atoms with Crippen LogP contribution in [0.5, 0.6) is 0 Å². The van der Waals surface area contributed by atoms with Gasteiger partial charge < -0.3 is 14.1 Å². The Hall–Kier alpha value is -3.19. The lowest BCUT2D eigenvalue weighted by atomic mass is 10.1. The van der Waals surface area contributed by atoms with Crippen molar-refractivity contribution in [3.8, 4) is 11.4 Å². The average Bonchev–Trinajstić information content (AvgIpc) is 3.15. The summed E-state index contributed by atoms with van der Waals surface area (Å²) in [7, 11) is 0. The predicted molar refractivity (Wildman–Crippen MR) is 102 cm³/mol. The van der Waals surface area contributed by atoms with E-state index in [2.05, 4.69) is 14.9 Å². The summed E-state index contributed by atoms with van der Waals surface area (Å²) < 4.78 is 10.7. The molecule has 4 rings (SSSR count). The fourth-order valence-electron chi connectivity index (χ4n) is 3.33. The molecule has 1 aromatic carbocycles. The van der Waals surface area contributed by atoms with Gasteiger partial charge in [0.1, 0.15) is 24.0 Å². The number of hydrogen-bond acceptors (Lipinski definition) is 6. The zero-order chi connectivity index (χ0) is 19.5. The van der Waals surface area contributed by atoms with E-state index < -0.39 is 0 Å². The molecule has 1 N–H and O–H groups in total. The Labute approximate surface area is 162 Å². The number of esters is 1. The molecule has 0 atom stereocenters. The SMILES string of the molecule is CC(=O)OCc1ccc(CN2CCc3nc(-c4ccccc4)[nH]c(=O)c3C2)o1. The second kappa shape index (κ2) is 7.82. The van der Waals surface area contributed by atoms with E-state index in [9.17, 15) is 9.59 Å². The molecule has 0 saturated heterocycles. The molecule has 7 nitrogen and oxygen atoms in total. The molecule has 0 aliphatic carbocycles. The third kappa shape index (κ3) is 4.04. The number of H-pyrrole nitrogens is 1. The van der Waals surface area contributed by atoms with Crippen molar-refractivity contribution in [3.05, 3.63) is 75.6 Å². The van der Waals surface area contributed by atoms with E-state index in [-0.39, 0.29) is 18.1 Å². The summed E-state index contributed by atoms with van der Waals surface area (Å²) in [5, 5.41) is 0. The number of carbonyl (C=O) groups excluding carboxylic acids is 1. The van der Waals surface area contributed by atoms with Crippen LogP contribution in [-0.2, 0) is 35.6 Å². The van der Waals surface area contributed by atoms with E-state index in [1.807, 2.05) is 36.4 Å². The molecule has 1 aliphatic rings. The Kier molecular flexibility index (Phi) is 5.08. The predicted octanol–water partition coefficient (Wildman–Crippen LogP) is 2.65. The van der Waals surface area contributed by atoms with E-state index in [0.29, 0.717) is 36.7 Å². The monoisotopic (exact) mass is 379 g/mol.